The van der Waals surface area contributed by atoms with Crippen molar-refractivity contribution in [2.75, 3.05) is 19.8 Å². The Morgan fingerprint density at radius 2 is 1.91 bits per heavy atom. The van der Waals surface area contributed by atoms with Gasteiger partial charge in [-0.25, -0.2) is 0 Å². The summed E-state index contributed by atoms with van der Waals surface area (Å²) in [7, 11) is 0. The van der Waals surface area contributed by atoms with Gasteiger partial charge in [-0.1, -0.05) is 41.7 Å². The second-order valence-electron chi connectivity index (χ2n) is 6.56. The Kier molecular flexibility index (Phi) is 8.26. The first kappa shape index (κ1) is 23.8. The summed E-state index contributed by atoms with van der Waals surface area (Å²) in [5, 5.41) is 11.8. The van der Waals surface area contributed by atoms with Crippen LogP contribution in [0.4, 0.5) is 5.69 Å². The van der Waals surface area contributed by atoms with E-state index < -0.39 is 4.92 Å². The summed E-state index contributed by atoms with van der Waals surface area (Å²) in [6, 6.07) is 11.3. The smallest absolute Gasteiger partial charge is 0.270 e. The zero-order valence-electron chi connectivity index (χ0n) is 16.9. The number of nitrogens with zero attached hydrogens (tertiary/aromatic N) is 2. The van der Waals surface area contributed by atoms with Crippen molar-refractivity contribution < 1.29 is 19.2 Å². The Labute approximate surface area is 199 Å². The van der Waals surface area contributed by atoms with Crippen LogP contribution >= 0.6 is 35.6 Å². The number of non-ortho nitro benzene ring substituents is 1. The fourth-order valence-electron chi connectivity index (χ4n) is 2.78. The summed E-state index contributed by atoms with van der Waals surface area (Å²) >= 11 is 12.2. The summed E-state index contributed by atoms with van der Waals surface area (Å²) in [5.74, 6) is 0.858. The topological polar surface area (TPSA) is 81.9 Å². The Bertz CT molecular complexity index is 1070. The molecule has 0 saturated carbocycles. The number of hydrogen-bond donors (Lipinski definition) is 0. The van der Waals surface area contributed by atoms with Gasteiger partial charge in [0.25, 0.3) is 11.6 Å². The third-order valence-electron chi connectivity index (χ3n) is 4.30. The third kappa shape index (κ3) is 6.09. The Morgan fingerprint density at radius 3 is 2.59 bits per heavy atom. The molecule has 1 saturated heterocycles. The molecule has 166 valence electrons. The van der Waals surface area contributed by atoms with Gasteiger partial charge in [0.2, 0.25) is 0 Å². The van der Waals surface area contributed by atoms with Gasteiger partial charge < -0.3 is 9.47 Å². The monoisotopic (exact) mass is 490 g/mol. The molecule has 1 aliphatic heterocycles. The van der Waals surface area contributed by atoms with Crippen molar-refractivity contribution in [2.45, 2.75) is 6.42 Å². The molecule has 2 aromatic rings. The Morgan fingerprint density at radius 1 is 1.19 bits per heavy atom. The SMILES string of the molecule is C=CCN1C(=O)C(=Cc2cc([N+](=O)[O-])ccc2OCCCOc2ccc(Cl)cc2)SC1=S. The molecule has 0 aromatic heterocycles. The molecular formula is C22H19ClN2O5S2. The molecular weight excluding hydrogens is 472 g/mol. The zero-order chi connectivity index (χ0) is 23.1. The fourth-order valence-corrected chi connectivity index (χ4v) is 4.18. The van der Waals surface area contributed by atoms with Crippen LogP contribution in [0.25, 0.3) is 6.08 Å². The van der Waals surface area contributed by atoms with Gasteiger partial charge in [-0.2, -0.15) is 0 Å². The second kappa shape index (κ2) is 11.1. The maximum atomic E-state index is 12.6. The van der Waals surface area contributed by atoms with Crippen LogP contribution < -0.4 is 9.47 Å². The minimum atomic E-state index is -0.496. The maximum absolute atomic E-state index is 12.6. The molecule has 1 heterocycles. The summed E-state index contributed by atoms with van der Waals surface area (Å²) in [4.78, 5) is 25.1. The quantitative estimate of drug-likeness (QED) is 0.109. The number of amides is 1. The minimum Gasteiger partial charge on any atom is -0.493 e. The van der Waals surface area contributed by atoms with E-state index in [1.165, 1.54) is 23.1 Å². The normalized spacial score (nSPS) is 14.7. The van der Waals surface area contributed by atoms with Crippen molar-refractivity contribution in [3.8, 4) is 11.5 Å². The molecule has 1 amide bonds. The average molecular weight is 491 g/mol. The van der Waals surface area contributed by atoms with Gasteiger partial charge in [-0.15, -0.1) is 6.58 Å². The number of ether oxygens (including phenoxy) is 2. The molecule has 0 spiro atoms. The first-order valence-corrected chi connectivity index (χ1v) is 11.1. The van der Waals surface area contributed by atoms with Crippen LogP contribution in [-0.4, -0.2) is 39.8 Å². The van der Waals surface area contributed by atoms with E-state index >= 15 is 0 Å². The Balaban J connectivity index is 1.69. The molecule has 0 aliphatic carbocycles. The lowest BCUT2D eigenvalue weighted by molar-refractivity contribution is -0.384. The summed E-state index contributed by atoms with van der Waals surface area (Å²) in [5.41, 5.74) is 0.327. The lowest BCUT2D eigenvalue weighted by Gasteiger charge is -2.11. The molecule has 1 fully saturated rings. The number of carbonyl (C=O) groups excluding carboxylic acids is 1. The highest BCUT2D eigenvalue weighted by Gasteiger charge is 2.31. The van der Waals surface area contributed by atoms with Crippen LogP contribution in [0, 0.1) is 10.1 Å². The minimum absolute atomic E-state index is 0.101. The van der Waals surface area contributed by atoms with Gasteiger partial charge >= 0.3 is 0 Å². The molecule has 0 unspecified atom stereocenters. The van der Waals surface area contributed by atoms with Crippen LogP contribution in [-0.2, 0) is 4.79 Å². The van der Waals surface area contributed by atoms with Crippen molar-refractivity contribution in [1.82, 2.24) is 4.90 Å². The molecule has 0 radical (unpaired) electrons. The highest BCUT2D eigenvalue weighted by Crippen LogP contribution is 2.35. The van der Waals surface area contributed by atoms with Crippen LogP contribution in [0.15, 0.2) is 60.0 Å². The van der Waals surface area contributed by atoms with Gasteiger partial charge in [0, 0.05) is 35.7 Å². The molecule has 10 heteroatoms. The zero-order valence-corrected chi connectivity index (χ0v) is 19.3. The average Bonchev–Trinajstić information content (AvgIpc) is 3.03. The molecule has 2 aromatic carbocycles. The largest absolute Gasteiger partial charge is 0.493 e. The van der Waals surface area contributed by atoms with Crippen LogP contribution in [0.3, 0.4) is 0 Å². The van der Waals surface area contributed by atoms with Crippen molar-refractivity contribution in [2.24, 2.45) is 0 Å². The highest BCUT2D eigenvalue weighted by atomic mass is 35.5. The lowest BCUT2D eigenvalue weighted by atomic mass is 10.1. The number of hydrogen-bond acceptors (Lipinski definition) is 7. The number of thioether (sulfide) groups is 1. The van der Waals surface area contributed by atoms with Gasteiger partial charge in [0.05, 0.1) is 23.0 Å². The van der Waals surface area contributed by atoms with Crippen molar-refractivity contribution >= 4 is 57.6 Å². The van der Waals surface area contributed by atoms with E-state index in [0.29, 0.717) is 57.5 Å². The number of nitro benzene ring substituents is 1. The molecule has 0 N–H and O–H groups in total. The van der Waals surface area contributed by atoms with E-state index in [4.69, 9.17) is 33.3 Å². The van der Waals surface area contributed by atoms with E-state index in [2.05, 4.69) is 6.58 Å². The first-order valence-electron chi connectivity index (χ1n) is 9.55. The van der Waals surface area contributed by atoms with Gasteiger partial charge in [0.1, 0.15) is 15.8 Å². The predicted molar refractivity (Wildman–Crippen MR) is 130 cm³/mol. The fraction of sp³-hybridized carbons (Fsp3) is 0.182. The van der Waals surface area contributed by atoms with Crippen LogP contribution in [0.5, 0.6) is 11.5 Å². The van der Waals surface area contributed by atoms with Crippen LogP contribution in [0.1, 0.15) is 12.0 Å². The molecule has 0 bridgehead atoms. The number of thiocarbonyl (C=S) groups is 1. The summed E-state index contributed by atoms with van der Waals surface area (Å²) < 4.78 is 11.9. The van der Waals surface area contributed by atoms with Gasteiger partial charge in [-0.3, -0.25) is 19.8 Å². The first-order chi connectivity index (χ1) is 15.4. The van der Waals surface area contributed by atoms with Crippen molar-refractivity contribution in [1.29, 1.82) is 0 Å². The van der Waals surface area contributed by atoms with Crippen molar-refractivity contribution in [3.05, 3.63) is 80.7 Å². The molecule has 1 aliphatic rings. The molecule has 32 heavy (non-hydrogen) atoms. The van der Waals surface area contributed by atoms with E-state index in [1.807, 2.05) is 0 Å². The van der Waals surface area contributed by atoms with E-state index in [1.54, 1.807) is 36.4 Å². The number of carbonyl (C=O) groups is 1. The Hall–Kier alpha value is -2.88. The number of nitro groups is 1. The predicted octanol–water partition coefficient (Wildman–Crippen LogP) is 5.48. The van der Waals surface area contributed by atoms with E-state index in [9.17, 15) is 14.9 Å². The summed E-state index contributed by atoms with van der Waals surface area (Å²) in [6.07, 6.45) is 3.73. The molecule has 0 atom stereocenters. The molecule has 7 nitrogen and oxygen atoms in total. The van der Waals surface area contributed by atoms with E-state index in [-0.39, 0.29) is 11.6 Å². The van der Waals surface area contributed by atoms with E-state index in [0.717, 1.165) is 11.8 Å². The molecule has 3 rings (SSSR count). The maximum Gasteiger partial charge on any atom is 0.270 e. The van der Waals surface area contributed by atoms with Crippen LogP contribution in [0.2, 0.25) is 5.02 Å². The second-order valence-corrected chi connectivity index (χ2v) is 8.68. The lowest BCUT2D eigenvalue weighted by Crippen LogP contribution is -2.27. The third-order valence-corrected chi connectivity index (χ3v) is 5.93. The highest BCUT2D eigenvalue weighted by molar-refractivity contribution is 8.26. The summed E-state index contributed by atoms with van der Waals surface area (Å²) in [6.45, 7) is 4.67. The number of rotatable bonds is 10. The van der Waals surface area contributed by atoms with Crippen molar-refractivity contribution in [3.63, 3.8) is 0 Å². The number of benzene rings is 2. The van der Waals surface area contributed by atoms with Gasteiger partial charge in [0.15, 0.2) is 0 Å². The standard InChI is InChI=1S/C22H19ClN2O5S2/c1-2-10-24-21(26)20(32-22(24)31)14-15-13-17(25(27)28)6-9-19(15)30-12-3-11-29-18-7-4-16(23)5-8-18/h2,4-9,13-14H,1,3,10-12H2. The number of halogens is 1. The van der Waals surface area contributed by atoms with Gasteiger partial charge in [-0.05, 0) is 36.4 Å².